The van der Waals surface area contributed by atoms with E-state index in [-0.39, 0.29) is 5.91 Å². The van der Waals surface area contributed by atoms with Crippen LogP contribution in [0.15, 0.2) is 45.3 Å². The number of amides is 1. The third-order valence-electron chi connectivity index (χ3n) is 3.50. The lowest BCUT2D eigenvalue weighted by molar-refractivity contribution is -0.130. The zero-order valence-corrected chi connectivity index (χ0v) is 14.0. The third kappa shape index (κ3) is 3.97. The molecular weight excluding hydrogens is 330 g/mol. The third-order valence-corrected chi connectivity index (χ3v) is 4.19. The van der Waals surface area contributed by atoms with Crippen molar-refractivity contribution in [2.75, 3.05) is 13.1 Å². The van der Waals surface area contributed by atoms with E-state index in [2.05, 4.69) is 15.9 Å². The number of carbonyl (C=O) groups excluding carboxylic acids is 1. The van der Waals surface area contributed by atoms with E-state index in [1.807, 2.05) is 55.1 Å². The van der Waals surface area contributed by atoms with Gasteiger partial charge in [0.05, 0.1) is 0 Å². The minimum absolute atomic E-state index is 0.179. The van der Waals surface area contributed by atoms with Crippen LogP contribution in [-0.2, 0) is 11.2 Å². The number of carbonyl (C=O) groups is 1. The van der Waals surface area contributed by atoms with E-state index < -0.39 is 0 Å². The highest BCUT2D eigenvalue weighted by atomic mass is 79.9. The second-order valence-electron chi connectivity index (χ2n) is 4.81. The molecular formula is C17H20BrNO2. The molecule has 1 amide bonds. The Morgan fingerprint density at radius 1 is 1.14 bits per heavy atom. The van der Waals surface area contributed by atoms with Gasteiger partial charge in [-0.15, -0.1) is 0 Å². The SMILES string of the molecule is CCN(CC)C(=O)CCc1ccc(-c2ccccc2Br)o1. The van der Waals surface area contributed by atoms with Crippen molar-refractivity contribution in [1.82, 2.24) is 4.90 Å². The van der Waals surface area contributed by atoms with Crippen molar-refractivity contribution in [3.05, 3.63) is 46.6 Å². The van der Waals surface area contributed by atoms with Crippen LogP contribution in [0, 0.1) is 0 Å². The van der Waals surface area contributed by atoms with Gasteiger partial charge in [-0.2, -0.15) is 0 Å². The largest absolute Gasteiger partial charge is 0.461 e. The quantitative estimate of drug-likeness (QED) is 0.768. The standard InChI is InChI=1S/C17H20BrNO2/c1-3-19(4-2)17(20)12-10-13-9-11-16(21-13)14-7-5-6-8-15(14)18/h5-9,11H,3-4,10,12H2,1-2H3. The summed E-state index contributed by atoms with van der Waals surface area (Å²) in [4.78, 5) is 13.8. The second kappa shape index (κ2) is 7.46. The van der Waals surface area contributed by atoms with Crippen molar-refractivity contribution in [3.8, 4) is 11.3 Å². The summed E-state index contributed by atoms with van der Waals surface area (Å²) in [7, 11) is 0. The highest BCUT2D eigenvalue weighted by molar-refractivity contribution is 9.10. The molecule has 2 aromatic rings. The van der Waals surface area contributed by atoms with Crippen molar-refractivity contribution >= 4 is 21.8 Å². The Bertz CT molecular complexity index is 602. The fourth-order valence-corrected chi connectivity index (χ4v) is 2.76. The highest BCUT2D eigenvalue weighted by Crippen LogP contribution is 2.29. The lowest BCUT2D eigenvalue weighted by Gasteiger charge is -2.17. The molecule has 0 fully saturated rings. The van der Waals surface area contributed by atoms with E-state index in [0.29, 0.717) is 12.8 Å². The summed E-state index contributed by atoms with van der Waals surface area (Å²) in [5, 5.41) is 0. The van der Waals surface area contributed by atoms with Crippen LogP contribution in [0.1, 0.15) is 26.0 Å². The van der Waals surface area contributed by atoms with Crippen LogP contribution in [0.25, 0.3) is 11.3 Å². The first kappa shape index (κ1) is 15.8. The summed E-state index contributed by atoms with van der Waals surface area (Å²) in [5.41, 5.74) is 1.03. The van der Waals surface area contributed by atoms with E-state index in [0.717, 1.165) is 34.6 Å². The van der Waals surface area contributed by atoms with Crippen molar-refractivity contribution in [3.63, 3.8) is 0 Å². The lowest BCUT2D eigenvalue weighted by atomic mass is 10.2. The maximum Gasteiger partial charge on any atom is 0.222 e. The molecule has 0 N–H and O–H groups in total. The number of furan rings is 1. The number of hydrogen-bond acceptors (Lipinski definition) is 2. The summed E-state index contributed by atoms with van der Waals surface area (Å²) >= 11 is 3.52. The maximum atomic E-state index is 12.0. The molecule has 0 radical (unpaired) electrons. The lowest BCUT2D eigenvalue weighted by Crippen LogP contribution is -2.30. The summed E-state index contributed by atoms with van der Waals surface area (Å²) in [6.45, 7) is 5.52. The normalized spacial score (nSPS) is 10.6. The van der Waals surface area contributed by atoms with Crippen LogP contribution < -0.4 is 0 Å². The van der Waals surface area contributed by atoms with Gasteiger partial charge in [0.15, 0.2) is 0 Å². The van der Waals surface area contributed by atoms with Crippen LogP contribution in [0.4, 0.5) is 0 Å². The van der Waals surface area contributed by atoms with Crippen molar-refractivity contribution in [1.29, 1.82) is 0 Å². The van der Waals surface area contributed by atoms with E-state index in [1.165, 1.54) is 0 Å². The summed E-state index contributed by atoms with van der Waals surface area (Å²) in [5.74, 6) is 1.85. The van der Waals surface area contributed by atoms with Gasteiger partial charge in [-0.25, -0.2) is 0 Å². The molecule has 0 spiro atoms. The fraction of sp³-hybridized carbons (Fsp3) is 0.353. The maximum absolute atomic E-state index is 12.0. The van der Waals surface area contributed by atoms with E-state index >= 15 is 0 Å². The monoisotopic (exact) mass is 349 g/mol. The Kier molecular flexibility index (Phi) is 5.62. The molecule has 0 unspecified atom stereocenters. The Morgan fingerprint density at radius 2 is 1.86 bits per heavy atom. The Morgan fingerprint density at radius 3 is 2.52 bits per heavy atom. The highest BCUT2D eigenvalue weighted by Gasteiger charge is 2.12. The first-order valence-corrected chi connectivity index (χ1v) is 8.06. The van der Waals surface area contributed by atoms with E-state index in [4.69, 9.17) is 4.42 Å². The van der Waals surface area contributed by atoms with E-state index in [9.17, 15) is 4.79 Å². The molecule has 4 heteroatoms. The molecule has 3 nitrogen and oxygen atoms in total. The molecule has 0 aliphatic rings. The fourth-order valence-electron chi connectivity index (χ4n) is 2.28. The number of hydrogen-bond donors (Lipinski definition) is 0. The number of aryl methyl sites for hydroxylation is 1. The van der Waals surface area contributed by atoms with Crippen LogP contribution in [0.2, 0.25) is 0 Å². The smallest absolute Gasteiger partial charge is 0.222 e. The average molecular weight is 350 g/mol. The predicted molar refractivity (Wildman–Crippen MR) is 88.1 cm³/mol. The molecule has 2 rings (SSSR count). The Hall–Kier alpha value is -1.55. The zero-order valence-electron chi connectivity index (χ0n) is 12.4. The number of rotatable bonds is 6. The average Bonchev–Trinajstić information content (AvgIpc) is 2.95. The summed E-state index contributed by atoms with van der Waals surface area (Å²) in [6, 6.07) is 11.9. The molecule has 0 aliphatic heterocycles. The molecule has 0 aliphatic carbocycles. The van der Waals surface area contributed by atoms with Crippen molar-refractivity contribution in [2.24, 2.45) is 0 Å². The van der Waals surface area contributed by atoms with Gasteiger partial charge in [0.1, 0.15) is 11.5 Å². The minimum Gasteiger partial charge on any atom is -0.461 e. The van der Waals surface area contributed by atoms with Gasteiger partial charge >= 0.3 is 0 Å². The van der Waals surface area contributed by atoms with Gasteiger partial charge in [0.2, 0.25) is 5.91 Å². The molecule has 21 heavy (non-hydrogen) atoms. The molecule has 0 saturated heterocycles. The number of nitrogens with zero attached hydrogens (tertiary/aromatic N) is 1. The second-order valence-corrected chi connectivity index (χ2v) is 5.67. The van der Waals surface area contributed by atoms with Gasteiger partial charge in [-0.05, 0) is 32.0 Å². The van der Waals surface area contributed by atoms with Gasteiger partial charge in [0, 0.05) is 36.0 Å². The molecule has 1 aromatic heterocycles. The molecule has 1 aromatic carbocycles. The molecule has 0 bridgehead atoms. The summed E-state index contributed by atoms with van der Waals surface area (Å²) < 4.78 is 6.85. The van der Waals surface area contributed by atoms with E-state index in [1.54, 1.807) is 0 Å². The van der Waals surface area contributed by atoms with Crippen LogP contribution in [0.5, 0.6) is 0 Å². The molecule has 112 valence electrons. The predicted octanol–water partition coefficient (Wildman–Crippen LogP) is 4.51. The van der Waals surface area contributed by atoms with Crippen molar-refractivity contribution < 1.29 is 9.21 Å². The first-order chi connectivity index (χ1) is 10.2. The minimum atomic E-state index is 0.179. The zero-order chi connectivity index (χ0) is 15.2. The van der Waals surface area contributed by atoms with Crippen LogP contribution >= 0.6 is 15.9 Å². The molecule has 0 atom stereocenters. The van der Waals surface area contributed by atoms with Gasteiger partial charge in [-0.3, -0.25) is 4.79 Å². The van der Waals surface area contributed by atoms with Gasteiger partial charge in [0.25, 0.3) is 0 Å². The Labute approximate surface area is 134 Å². The topological polar surface area (TPSA) is 33.5 Å². The number of halogens is 1. The van der Waals surface area contributed by atoms with Crippen LogP contribution in [0.3, 0.4) is 0 Å². The molecule has 1 heterocycles. The van der Waals surface area contributed by atoms with Crippen LogP contribution in [-0.4, -0.2) is 23.9 Å². The Balaban J connectivity index is 2.01. The van der Waals surface area contributed by atoms with Gasteiger partial charge < -0.3 is 9.32 Å². The van der Waals surface area contributed by atoms with Gasteiger partial charge in [-0.1, -0.05) is 34.1 Å². The first-order valence-electron chi connectivity index (χ1n) is 7.27. The van der Waals surface area contributed by atoms with Crippen molar-refractivity contribution in [2.45, 2.75) is 26.7 Å². The summed E-state index contributed by atoms with van der Waals surface area (Å²) in [6.07, 6.45) is 1.13. The number of benzene rings is 1. The molecule has 0 saturated carbocycles.